The Labute approximate surface area is 117 Å². The van der Waals surface area contributed by atoms with Crippen LogP contribution in [0.4, 0.5) is 0 Å². The van der Waals surface area contributed by atoms with Gasteiger partial charge in [0.05, 0.1) is 11.0 Å². The van der Waals surface area contributed by atoms with Crippen LogP contribution in [-0.4, -0.2) is 47.7 Å². The number of hydrogen-bond donors (Lipinski definition) is 2. The second kappa shape index (κ2) is 6.71. The number of nitrogens with zero attached hydrogens (tertiary/aromatic N) is 1. The molecule has 19 heavy (non-hydrogen) atoms. The molecule has 0 aromatic rings. The van der Waals surface area contributed by atoms with Gasteiger partial charge in [0.2, 0.25) is 5.91 Å². The number of carbonyl (C=O) groups excluding carboxylic acids is 1. The maximum absolute atomic E-state index is 12.9. The van der Waals surface area contributed by atoms with E-state index in [-0.39, 0.29) is 11.3 Å². The fraction of sp³-hybridized carbons (Fsp3) is 0.933. The average Bonchev–Trinajstić information content (AvgIpc) is 2.35. The van der Waals surface area contributed by atoms with Gasteiger partial charge in [0.15, 0.2) is 0 Å². The minimum Gasteiger partial charge on any atom is -0.389 e. The molecule has 1 saturated heterocycles. The van der Waals surface area contributed by atoms with E-state index in [1.54, 1.807) is 13.8 Å². The molecule has 1 aliphatic heterocycles. The predicted octanol–water partition coefficient (Wildman–Crippen LogP) is 1.78. The zero-order valence-electron chi connectivity index (χ0n) is 13.0. The second-order valence-electron chi connectivity index (χ2n) is 6.44. The maximum Gasteiger partial charge on any atom is 0.230 e. The molecule has 4 nitrogen and oxygen atoms in total. The van der Waals surface area contributed by atoms with Crippen molar-refractivity contribution in [1.29, 1.82) is 0 Å². The third-order valence-corrected chi connectivity index (χ3v) is 3.90. The maximum atomic E-state index is 12.9. The van der Waals surface area contributed by atoms with Crippen molar-refractivity contribution < 1.29 is 9.90 Å². The van der Waals surface area contributed by atoms with Crippen molar-refractivity contribution in [3.8, 4) is 0 Å². The van der Waals surface area contributed by atoms with E-state index in [1.807, 2.05) is 11.8 Å². The summed E-state index contributed by atoms with van der Waals surface area (Å²) < 4.78 is 0. The molecule has 1 atom stereocenters. The first-order valence-corrected chi connectivity index (χ1v) is 7.57. The van der Waals surface area contributed by atoms with Crippen LogP contribution in [0.15, 0.2) is 0 Å². The highest BCUT2D eigenvalue weighted by Crippen LogP contribution is 2.34. The lowest BCUT2D eigenvalue weighted by Gasteiger charge is -2.41. The van der Waals surface area contributed by atoms with Gasteiger partial charge in [0.1, 0.15) is 0 Å². The molecule has 4 heteroatoms. The molecule has 0 radical (unpaired) electrons. The fourth-order valence-electron chi connectivity index (χ4n) is 3.08. The standard InChI is InChI=1S/C15H30N2O2/c1-5-8-15(9-7-10-16-11-15)13(18)17(6-2)12-14(3,4)19/h16,19H,5-12H2,1-4H3. The summed E-state index contributed by atoms with van der Waals surface area (Å²) in [5.74, 6) is 0.214. The Morgan fingerprint density at radius 3 is 2.53 bits per heavy atom. The highest BCUT2D eigenvalue weighted by Gasteiger charge is 2.41. The number of amides is 1. The van der Waals surface area contributed by atoms with E-state index in [2.05, 4.69) is 12.2 Å². The highest BCUT2D eigenvalue weighted by molar-refractivity contribution is 5.83. The van der Waals surface area contributed by atoms with Crippen LogP contribution in [0.2, 0.25) is 0 Å². The van der Waals surface area contributed by atoms with E-state index >= 15 is 0 Å². The van der Waals surface area contributed by atoms with Gasteiger partial charge >= 0.3 is 0 Å². The molecule has 2 N–H and O–H groups in total. The Morgan fingerprint density at radius 1 is 1.42 bits per heavy atom. The molecule has 0 saturated carbocycles. The predicted molar refractivity (Wildman–Crippen MR) is 78.0 cm³/mol. The van der Waals surface area contributed by atoms with Crippen LogP contribution >= 0.6 is 0 Å². The van der Waals surface area contributed by atoms with Gasteiger partial charge in [-0.25, -0.2) is 0 Å². The molecule has 0 aromatic carbocycles. The Bertz CT molecular complexity index is 286. The smallest absolute Gasteiger partial charge is 0.230 e. The van der Waals surface area contributed by atoms with E-state index in [9.17, 15) is 9.90 Å². The van der Waals surface area contributed by atoms with Crippen LogP contribution in [0.3, 0.4) is 0 Å². The molecular weight excluding hydrogens is 240 g/mol. The first-order chi connectivity index (χ1) is 8.84. The molecule has 1 amide bonds. The van der Waals surface area contributed by atoms with Gasteiger partial charge in [-0.1, -0.05) is 13.3 Å². The number of piperidine rings is 1. The van der Waals surface area contributed by atoms with Crippen molar-refractivity contribution in [1.82, 2.24) is 10.2 Å². The van der Waals surface area contributed by atoms with Crippen LogP contribution in [0.1, 0.15) is 53.4 Å². The molecule has 1 rings (SSSR count). The molecule has 0 aromatic heterocycles. The minimum atomic E-state index is -0.832. The van der Waals surface area contributed by atoms with Gasteiger partial charge in [-0.05, 0) is 46.6 Å². The molecule has 0 bridgehead atoms. The average molecular weight is 270 g/mol. The fourth-order valence-corrected chi connectivity index (χ4v) is 3.08. The highest BCUT2D eigenvalue weighted by atomic mass is 16.3. The van der Waals surface area contributed by atoms with Crippen molar-refractivity contribution in [2.24, 2.45) is 5.41 Å². The van der Waals surface area contributed by atoms with Crippen molar-refractivity contribution in [2.75, 3.05) is 26.2 Å². The van der Waals surface area contributed by atoms with Crippen molar-refractivity contribution in [2.45, 2.75) is 59.0 Å². The Kier molecular flexibility index (Phi) is 5.81. The van der Waals surface area contributed by atoms with Crippen LogP contribution < -0.4 is 5.32 Å². The summed E-state index contributed by atoms with van der Waals surface area (Å²) in [6, 6.07) is 0. The number of aliphatic hydroxyl groups is 1. The zero-order valence-corrected chi connectivity index (χ0v) is 13.0. The molecule has 1 aliphatic rings. The van der Waals surface area contributed by atoms with E-state index in [1.165, 1.54) is 0 Å². The third-order valence-electron chi connectivity index (χ3n) is 3.90. The summed E-state index contributed by atoms with van der Waals surface area (Å²) >= 11 is 0. The molecule has 112 valence electrons. The third kappa shape index (κ3) is 4.46. The quantitative estimate of drug-likeness (QED) is 0.773. The van der Waals surface area contributed by atoms with Gasteiger partial charge in [0, 0.05) is 19.6 Å². The monoisotopic (exact) mass is 270 g/mol. The lowest BCUT2D eigenvalue weighted by atomic mass is 9.75. The molecular formula is C15H30N2O2. The lowest BCUT2D eigenvalue weighted by Crippen LogP contribution is -2.54. The van der Waals surface area contributed by atoms with Crippen LogP contribution in [0, 0.1) is 5.41 Å². The molecule has 0 spiro atoms. The van der Waals surface area contributed by atoms with E-state index < -0.39 is 5.60 Å². The van der Waals surface area contributed by atoms with Gasteiger partial charge in [-0.3, -0.25) is 4.79 Å². The first kappa shape index (κ1) is 16.4. The van der Waals surface area contributed by atoms with Crippen molar-refractivity contribution in [3.05, 3.63) is 0 Å². The summed E-state index contributed by atoms with van der Waals surface area (Å²) in [6.07, 6.45) is 3.98. The number of nitrogens with one attached hydrogen (secondary N) is 1. The van der Waals surface area contributed by atoms with Crippen LogP contribution in [0.25, 0.3) is 0 Å². The van der Waals surface area contributed by atoms with E-state index in [0.717, 1.165) is 38.8 Å². The van der Waals surface area contributed by atoms with Crippen LogP contribution in [-0.2, 0) is 4.79 Å². The Hall–Kier alpha value is -0.610. The Balaban J connectivity index is 2.84. The normalized spacial score (nSPS) is 24.3. The van der Waals surface area contributed by atoms with E-state index in [4.69, 9.17) is 0 Å². The topological polar surface area (TPSA) is 52.6 Å². The second-order valence-corrected chi connectivity index (χ2v) is 6.44. The SMILES string of the molecule is CCCC1(C(=O)N(CC)CC(C)(C)O)CCCNC1. The number of hydrogen-bond acceptors (Lipinski definition) is 3. The van der Waals surface area contributed by atoms with Gasteiger partial charge in [0.25, 0.3) is 0 Å². The summed E-state index contributed by atoms with van der Waals surface area (Å²) in [5, 5.41) is 13.3. The first-order valence-electron chi connectivity index (χ1n) is 7.57. The molecule has 1 heterocycles. The van der Waals surface area contributed by atoms with Crippen LogP contribution in [0.5, 0.6) is 0 Å². The van der Waals surface area contributed by atoms with Gasteiger partial charge in [-0.15, -0.1) is 0 Å². The lowest BCUT2D eigenvalue weighted by molar-refractivity contribution is -0.146. The summed E-state index contributed by atoms with van der Waals surface area (Å²) in [7, 11) is 0. The number of likely N-dealkylation sites (N-methyl/N-ethyl adjacent to an activating group) is 1. The largest absolute Gasteiger partial charge is 0.389 e. The molecule has 1 unspecified atom stereocenters. The van der Waals surface area contributed by atoms with Crippen molar-refractivity contribution in [3.63, 3.8) is 0 Å². The van der Waals surface area contributed by atoms with Gasteiger partial charge in [-0.2, -0.15) is 0 Å². The molecule has 0 aliphatic carbocycles. The van der Waals surface area contributed by atoms with Gasteiger partial charge < -0.3 is 15.3 Å². The summed E-state index contributed by atoms with van der Waals surface area (Å²) in [5.41, 5.74) is -1.09. The van der Waals surface area contributed by atoms with Crippen molar-refractivity contribution >= 4 is 5.91 Å². The van der Waals surface area contributed by atoms with E-state index in [0.29, 0.717) is 13.1 Å². The number of carbonyl (C=O) groups is 1. The molecule has 1 fully saturated rings. The summed E-state index contributed by atoms with van der Waals surface area (Å²) in [4.78, 5) is 14.7. The summed E-state index contributed by atoms with van der Waals surface area (Å²) in [6.45, 7) is 10.5. The zero-order chi connectivity index (χ0) is 14.5. The number of rotatable bonds is 6. The Morgan fingerprint density at radius 2 is 2.11 bits per heavy atom. The minimum absolute atomic E-state index is 0.214.